The number of rotatable bonds is 9. The Labute approximate surface area is 303 Å². The number of halogens is 10. The number of nitrogens with two attached hydrogens (primary N) is 1. The highest BCUT2D eigenvalue weighted by Crippen LogP contribution is 2.39. The van der Waals surface area contributed by atoms with Gasteiger partial charge >= 0.3 is 18.5 Å². The number of carbonyl (C=O) groups excluding carboxylic acids is 1. The van der Waals surface area contributed by atoms with Gasteiger partial charge in [0.25, 0.3) is 0 Å². The van der Waals surface area contributed by atoms with Gasteiger partial charge in [-0.2, -0.15) is 39.5 Å². The van der Waals surface area contributed by atoms with Gasteiger partial charge in [0.05, 0.1) is 52.8 Å². The fourth-order valence-electron chi connectivity index (χ4n) is 6.45. The molecule has 51 heavy (non-hydrogen) atoms. The van der Waals surface area contributed by atoms with Crippen LogP contribution in [0, 0.1) is 5.92 Å². The number of ether oxygens (including phenoxy) is 1. The molecule has 4 rings (SSSR count). The number of nitrogens with one attached hydrogen (secondary N) is 1. The van der Waals surface area contributed by atoms with Gasteiger partial charge in [-0.25, -0.2) is 11.0 Å². The number of piperidine rings is 1. The second-order valence-electron chi connectivity index (χ2n) is 12.4. The third-order valence-electron chi connectivity index (χ3n) is 8.88. The van der Waals surface area contributed by atoms with E-state index < -0.39 is 59.9 Å². The van der Waals surface area contributed by atoms with Crippen LogP contribution in [0.5, 0.6) is 0 Å². The van der Waals surface area contributed by atoms with Gasteiger partial charge in [-0.3, -0.25) is 13.2 Å². The van der Waals surface area contributed by atoms with Crippen molar-refractivity contribution in [3.8, 4) is 0 Å². The quantitative estimate of drug-likeness (QED) is 0.0548. The number of alkyl halides is 9. The smallest absolute Gasteiger partial charge is 0.378 e. The minimum absolute atomic E-state index is 0.00151. The molecular weight excluding hydrogens is 812 g/mol. The molecule has 0 aliphatic carbocycles. The van der Waals surface area contributed by atoms with E-state index in [0.717, 1.165) is 17.3 Å². The van der Waals surface area contributed by atoms with Crippen LogP contribution in [-0.4, -0.2) is 78.1 Å². The number of hydrazine groups is 1. The molecule has 0 saturated carbocycles. The molecule has 9 nitrogen and oxygen atoms in total. The number of hydrogen-bond acceptors (Lipinski definition) is 6. The van der Waals surface area contributed by atoms with Crippen LogP contribution >= 0.6 is 22.9 Å². The largest absolute Gasteiger partial charge is 0.416 e. The van der Waals surface area contributed by atoms with Crippen LogP contribution in [0.3, 0.4) is 0 Å². The molecular formula is C32H39F9IN7O2. The lowest BCUT2D eigenvalue weighted by Crippen LogP contribution is -2.47. The summed E-state index contributed by atoms with van der Waals surface area (Å²) in [5.41, 5.74) is -3.85. The third kappa shape index (κ3) is 10.8. The number of nitrogens with zero attached hydrogens (tertiary/aromatic N) is 5. The summed E-state index contributed by atoms with van der Waals surface area (Å²) in [6, 6.07) is 3.94. The summed E-state index contributed by atoms with van der Waals surface area (Å²) < 4.78 is 132. The van der Waals surface area contributed by atoms with Gasteiger partial charge in [-0.05, 0) is 79.4 Å². The molecule has 19 heteroatoms. The first-order valence-electron chi connectivity index (χ1n) is 16.1. The molecule has 2 aliphatic rings. The first-order chi connectivity index (χ1) is 23.8. The number of amides is 1. The van der Waals surface area contributed by atoms with Crippen LogP contribution in [0.2, 0.25) is 0 Å². The van der Waals surface area contributed by atoms with E-state index in [2.05, 4.69) is 13.5 Å². The van der Waals surface area contributed by atoms with Crippen LogP contribution in [-0.2, 0) is 41.1 Å². The zero-order chi connectivity index (χ0) is 37.7. The molecule has 2 fully saturated rings. The number of hydrazone groups is 1. The fourth-order valence-corrected chi connectivity index (χ4v) is 6.90. The normalized spacial score (nSPS) is 17.7. The standard InChI is InChI=1S/C32H39F9IN7O2/c1-3-27(47-8-6-21(7-9-47)28(50)48-10-12-51-13-11-48)26-5-4-23(30(33,34)35)16-22(26)19-49(29(44-42)45-46(2)43)18-20-14-24(31(36,37)38)17-25(15-20)32(39,40)41/h4-5,14-17,21,27H,3,6-13,18-19,43H2,1-2H3,(H,44,45). The van der Waals surface area contributed by atoms with Gasteiger partial charge in [0.15, 0.2) is 0 Å². The van der Waals surface area contributed by atoms with Crippen molar-refractivity contribution in [1.29, 1.82) is 0 Å². The molecule has 2 heterocycles. The van der Waals surface area contributed by atoms with Crippen molar-refractivity contribution < 1.29 is 49.0 Å². The summed E-state index contributed by atoms with van der Waals surface area (Å²) >= 11 is 1.64. The van der Waals surface area contributed by atoms with E-state index >= 15 is 0 Å². The second kappa shape index (κ2) is 16.7. The van der Waals surface area contributed by atoms with Gasteiger partial charge in [0.1, 0.15) is 0 Å². The van der Waals surface area contributed by atoms with E-state index in [-0.39, 0.29) is 29.4 Å². The van der Waals surface area contributed by atoms with Crippen LogP contribution < -0.4 is 9.37 Å². The monoisotopic (exact) mass is 851 g/mol. The molecule has 1 atom stereocenters. The molecule has 1 amide bonds. The number of likely N-dealkylation sites (tertiary alicyclic amines) is 1. The maximum atomic E-state index is 14.1. The Morgan fingerprint density at radius 2 is 1.49 bits per heavy atom. The van der Waals surface area contributed by atoms with Crippen molar-refractivity contribution in [2.24, 2.45) is 16.9 Å². The summed E-state index contributed by atoms with van der Waals surface area (Å²) in [6.45, 7) is 3.76. The molecule has 0 spiro atoms. The Morgan fingerprint density at radius 3 is 1.98 bits per heavy atom. The minimum Gasteiger partial charge on any atom is -0.378 e. The average molecular weight is 852 g/mol. The van der Waals surface area contributed by atoms with Gasteiger partial charge < -0.3 is 14.5 Å². The minimum atomic E-state index is -5.11. The highest BCUT2D eigenvalue weighted by Gasteiger charge is 2.38. The van der Waals surface area contributed by atoms with Crippen molar-refractivity contribution in [3.63, 3.8) is 0 Å². The number of morpholine rings is 1. The van der Waals surface area contributed by atoms with Gasteiger partial charge in [0, 0.05) is 45.2 Å². The topological polar surface area (TPSA) is 89.7 Å². The summed E-state index contributed by atoms with van der Waals surface area (Å²) in [4.78, 5) is 18.2. The summed E-state index contributed by atoms with van der Waals surface area (Å²) in [7, 11) is 1.31. The number of benzene rings is 2. The first kappa shape index (κ1) is 40.7. The Bertz CT molecular complexity index is 1490. The Balaban J connectivity index is 1.72. The molecule has 284 valence electrons. The molecule has 0 aromatic heterocycles. The Morgan fingerprint density at radius 1 is 0.922 bits per heavy atom. The second-order valence-corrected chi connectivity index (χ2v) is 13.0. The summed E-state index contributed by atoms with van der Waals surface area (Å²) in [6.07, 6.45) is -13.5. The zero-order valence-electron chi connectivity index (χ0n) is 27.8. The fraction of sp³-hybridized carbons (Fsp3) is 0.562. The van der Waals surface area contributed by atoms with E-state index in [0.29, 0.717) is 76.4 Å². The molecule has 0 radical (unpaired) electrons. The molecule has 2 aromatic carbocycles. The van der Waals surface area contributed by atoms with E-state index in [1.54, 1.807) is 27.8 Å². The summed E-state index contributed by atoms with van der Waals surface area (Å²) in [5.74, 6) is 5.40. The Hall–Kier alpha value is -3.04. The average Bonchev–Trinajstić information content (AvgIpc) is 3.06. The molecule has 0 bridgehead atoms. The lowest BCUT2D eigenvalue weighted by Gasteiger charge is -2.40. The molecule has 2 aromatic rings. The maximum Gasteiger partial charge on any atom is 0.416 e. The molecule has 2 saturated heterocycles. The number of carbonyl (C=O) groups is 1. The van der Waals surface area contributed by atoms with Crippen LogP contribution in [0.15, 0.2) is 41.5 Å². The van der Waals surface area contributed by atoms with Gasteiger partial charge in [0.2, 0.25) is 11.9 Å². The van der Waals surface area contributed by atoms with Gasteiger partial charge in [-0.15, -0.1) is 5.10 Å². The maximum absolute atomic E-state index is 14.1. The highest BCUT2D eigenvalue weighted by molar-refractivity contribution is 14.1. The van der Waals surface area contributed by atoms with Crippen molar-refractivity contribution in [3.05, 3.63) is 69.8 Å². The predicted molar refractivity (Wildman–Crippen MR) is 178 cm³/mol. The van der Waals surface area contributed by atoms with Gasteiger partial charge in [-0.1, -0.05) is 13.0 Å². The lowest BCUT2D eigenvalue weighted by atomic mass is 9.90. The van der Waals surface area contributed by atoms with E-state index in [4.69, 9.17) is 10.6 Å². The van der Waals surface area contributed by atoms with E-state index in [1.807, 2.05) is 6.92 Å². The summed E-state index contributed by atoms with van der Waals surface area (Å²) in [5, 5.41) is 4.90. The van der Waals surface area contributed by atoms with E-state index in [1.165, 1.54) is 18.0 Å². The lowest BCUT2D eigenvalue weighted by molar-refractivity contribution is -0.143. The van der Waals surface area contributed by atoms with Crippen molar-refractivity contribution in [2.45, 2.75) is 63.8 Å². The third-order valence-corrected chi connectivity index (χ3v) is 9.36. The van der Waals surface area contributed by atoms with Crippen molar-refractivity contribution in [1.82, 2.24) is 23.3 Å². The van der Waals surface area contributed by atoms with Crippen molar-refractivity contribution >= 4 is 34.7 Å². The molecule has 2 aliphatic heterocycles. The van der Waals surface area contributed by atoms with Crippen LogP contribution in [0.25, 0.3) is 0 Å². The zero-order valence-corrected chi connectivity index (χ0v) is 30.0. The predicted octanol–water partition coefficient (Wildman–Crippen LogP) is 6.78. The molecule has 1 unspecified atom stereocenters. The van der Waals surface area contributed by atoms with Crippen LogP contribution in [0.1, 0.15) is 65.6 Å². The van der Waals surface area contributed by atoms with Crippen LogP contribution in [0.4, 0.5) is 39.5 Å². The van der Waals surface area contributed by atoms with E-state index in [9.17, 15) is 44.3 Å². The number of hydrogen-bond donors (Lipinski definition) is 2. The highest BCUT2D eigenvalue weighted by atomic mass is 127. The number of guanidine groups is 1. The first-order valence-corrected chi connectivity index (χ1v) is 17.2. The van der Waals surface area contributed by atoms with Crippen molar-refractivity contribution in [2.75, 3.05) is 46.4 Å². The molecule has 3 N–H and O–H groups in total. The Kier molecular flexibility index (Phi) is 13.4. The SMILES string of the molecule is CCC(c1ccc(C(F)(F)F)cc1CN(Cc1cc(C(F)(F)F)cc(C(F)(F)F)c1)/C(=N/N(C)N)NI)N1CCC(C(=O)N2CCOCC2)CC1.